The molecule has 3 amide bonds. The van der Waals surface area contributed by atoms with E-state index >= 15 is 0 Å². The Morgan fingerprint density at radius 1 is 1.21 bits per heavy atom. The quantitative estimate of drug-likeness (QED) is 0.492. The molecule has 3 atom stereocenters. The van der Waals surface area contributed by atoms with Crippen LogP contribution in [0.4, 0.5) is 0 Å². The first-order valence-corrected chi connectivity index (χ1v) is 10.7. The fourth-order valence-corrected chi connectivity index (χ4v) is 5.62. The molecule has 1 aromatic rings. The fraction of sp³-hybridized carbons (Fsp3) is 0.591. The number of hydrogen-bond acceptors (Lipinski definition) is 5. The largest absolute Gasteiger partial charge is 0.322 e. The number of nitrogens with one attached hydrogen (secondary N) is 3. The van der Waals surface area contributed by atoms with Crippen LogP contribution in [0.5, 0.6) is 0 Å². The number of imide groups is 1. The predicted molar refractivity (Wildman–Crippen MR) is 107 cm³/mol. The van der Waals surface area contributed by atoms with Crippen molar-refractivity contribution in [3.05, 3.63) is 34.9 Å². The van der Waals surface area contributed by atoms with Gasteiger partial charge < -0.3 is 15.5 Å². The predicted octanol–water partition coefficient (Wildman–Crippen LogP) is 0.927. The van der Waals surface area contributed by atoms with Crippen molar-refractivity contribution in [2.24, 2.45) is 11.3 Å². The number of nitrogens with zero attached hydrogens (tertiary/aromatic N) is 1. The molecule has 3 aliphatic heterocycles. The molecule has 0 radical (unpaired) electrons. The SMILES string of the molecule is O=C1CCC(N2Cc3cccc(CNCCC45CCC4CNC5)c3C2=O)C(=O)N1. The maximum Gasteiger partial charge on any atom is 0.255 e. The molecule has 154 valence electrons. The van der Waals surface area contributed by atoms with Gasteiger partial charge in [-0.15, -0.1) is 0 Å². The van der Waals surface area contributed by atoms with Crippen LogP contribution in [-0.4, -0.2) is 48.3 Å². The summed E-state index contributed by atoms with van der Waals surface area (Å²) < 4.78 is 0. The number of piperidine rings is 1. The summed E-state index contributed by atoms with van der Waals surface area (Å²) in [5, 5.41) is 9.44. The van der Waals surface area contributed by atoms with E-state index in [0.717, 1.165) is 42.2 Å². The van der Waals surface area contributed by atoms with Crippen LogP contribution in [-0.2, 0) is 22.7 Å². The van der Waals surface area contributed by atoms with E-state index in [1.807, 2.05) is 18.2 Å². The topological polar surface area (TPSA) is 90.5 Å². The van der Waals surface area contributed by atoms with E-state index in [4.69, 9.17) is 0 Å². The third kappa shape index (κ3) is 3.16. The van der Waals surface area contributed by atoms with E-state index in [2.05, 4.69) is 16.0 Å². The van der Waals surface area contributed by atoms with Gasteiger partial charge in [-0.25, -0.2) is 0 Å². The summed E-state index contributed by atoms with van der Waals surface area (Å²) >= 11 is 0. The summed E-state index contributed by atoms with van der Waals surface area (Å²) in [7, 11) is 0. The van der Waals surface area contributed by atoms with E-state index in [1.54, 1.807) is 4.90 Å². The summed E-state index contributed by atoms with van der Waals surface area (Å²) in [6, 6.07) is 5.39. The molecular formula is C22H28N4O3. The summed E-state index contributed by atoms with van der Waals surface area (Å²) in [4.78, 5) is 38.4. The van der Waals surface area contributed by atoms with Crippen LogP contribution in [0.1, 0.15) is 53.6 Å². The van der Waals surface area contributed by atoms with Crippen molar-refractivity contribution in [2.75, 3.05) is 19.6 Å². The summed E-state index contributed by atoms with van der Waals surface area (Å²) in [5.74, 6) is 0.131. The van der Waals surface area contributed by atoms with Gasteiger partial charge in [0.2, 0.25) is 11.8 Å². The Hall–Kier alpha value is -2.25. The van der Waals surface area contributed by atoms with Crippen LogP contribution in [0.15, 0.2) is 18.2 Å². The van der Waals surface area contributed by atoms with Crippen molar-refractivity contribution in [1.82, 2.24) is 20.9 Å². The number of fused-ring (bicyclic) bond motifs is 2. The van der Waals surface area contributed by atoms with E-state index in [1.165, 1.54) is 19.3 Å². The Balaban J connectivity index is 1.23. The molecule has 7 heteroatoms. The number of rotatable bonds is 6. The second-order valence-electron chi connectivity index (χ2n) is 9.01. The Morgan fingerprint density at radius 2 is 2.10 bits per heavy atom. The Bertz CT molecular complexity index is 870. The van der Waals surface area contributed by atoms with Crippen molar-refractivity contribution >= 4 is 17.7 Å². The number of benzene rings is 1. The van der Waals surface area contributed by atoms with E-state index < -0.39 is 6.04 Å². The van der Waals surface area contributed by atoms with Crippen LogP contribution in [0.2, 0.25) is 0 Å². The minimum atomic E-state index is -0.557. The highest BCUT2D eigenvalue weighted by Gasteiger charge is 2.49. The molecule has 5 rings (SSSR count). The van der Waals surface area contributed by atoms with E-state index in [0.29, 0.717) is 24.9 Å². The molecule has 7 nitrogen and oxygen atoms in total. The Morgan fingerprint density at radius 3 is 2.86 bits per heavy atom. The second kappa shape index (κ2) is 7.22. The number of carbonyl (C=O) groups is 3. The molecule has 3 fully saturated rings. The van der Waals surface area contributed by atoms with E-state index in [-0.39, 0.29) is 24.1 Å². The van der Waals surface area contributed by atoms with Crippen LogP contribution in [0.25, 0.3) is 0 Å². The third-order valence-electron chi connectivity index (χ3n) is 7.48. The van der Waals surface area contributed by atoms with E-state index in [9.17, 15) is 14.4 Å². The van der Waals surface area contributed by atoms with Gasteiger partial charge in [-0.3, -0.25) is 19.7 Å². The zero-order valence-electron chi connectivity index (χ0n) is 16.6. The van der Waals surface area contributed by atoms with Crippen molar-refractivity contribution in [3.8, 4) is 0 Å². The van der Waals surface area contributed by atoms with Crippen molar-refractivity contribution in [1.29, 1.82) is 0 Å². The maximum absolute atomic E-state index is 13.1. The first-order valence-electron chi connectivity index (χ1n) is 10.7. The second-order valence-corrected chi connectivity index (χ2v) is 9.01. The van der Waals surface area contributed by atoms with Gasteiger partial charge in [0, 0.05) is 31.6 Å². The molecule has 4 aliphatic rings. The highest BCUT2D eigenvalue weighted by atomic mass is 16.2. The third-order valence-corrected chi connectivity index (χ3v) is 7.48. The standard InChI is InChI=1S/C22H28N4O3/c27-18-5-4-17(20(28)25-18)26-12-15-3-1-2-14(19(15)21(26)29)10-23-9-8-22-7-6-16(22)11-24-13-22/h1-3,16-17,23-24H,4-13H2,(H,25,27,28). The summed E-state index contributed by atoms with van der Waals surface area (Å²) in [6.45, 7) is 4.35. The monoisotopic (exact) mass is 396 g/mol. The van der Waals surface area contributed by atoms with Crippen LogP contribution in [0, 0.1) is 11.3 Å². The minimum Gasteiger partial charge on any atom is -0.322 e. The molecule has 1 aliphatic carbocycles. The number of carbonyl (C=O) groups excluding carboxylic acids is 3. The lowest BCUT2D eigenvalue weighted by atomic mass is 9.60. The van der Waals surface area contributed by atoms with Gasteiger partial charge in [-0.1, -0.05) is 18.2 Å². The van der Waals surface area contributed by atoms with Crippen LogP contribution in [0.3, 0.4) is 0 Å². The molecule has 1 aromatic carbocycles. The summed E-state index contributed by atoms with van der Waals surface area (Å²) in [5.41, 5.74) is 3.18. The van der Waals surface area contributed by atoms with Crippen molar-refractivity contribution in [2.45, 2.75) is 51.2 Å². The maximum atomic E-state index is 13.1. The zero-order valence-corrected chi connectivity index (χ0v) is 16.6. The Kier molecular flexibility index (Phi) is 4.67. The lowest BCUT2D eigenvalue weighted by Gasteiger charge is -2.44. The van der Waals surface area contributed by atoms with Gasteiger partial charge >= 0.3 is 0 Å². The molecule has 3 heterocycles. The molecule has 0 aromatic heterocycles. The minimum absolute atomic E-state index is 0.0930. The molecule has 29 heavy (non-hydrogen) atoms. The summed E-state index contributed by atoms with van der Waals surface area (Å²) in [6.07, 6.45) is 4.53. The molecule has 3 unspecified atom stereocenters. The lowest BCUT2D eigenvalue weighted by molar-refractivity contribution is -0.136. The molecule has 0 bridgehead atoms. The number of amides is 3. The van der Waals surface area contributed by atoms with Crippen LogP contribution < -0.4 is 16.0 Å². The van der Waals surface area contributed by atoms with Gasteiger partial charge in [0.05, 0.1) is 0 Å². The van der Waals surface area contributed by atoms with Crippen LogP contribution >= 0.6 is 0 Å². The zero-order chi connectivity index (χ0) is 20.0. The highest BCUT2D eigenvalue weighted by Crippen LogP contribution is 2.51. The van der Waals surface area contributed by atoms with Gasteiger partial charge in [0.25, 0.3) is 5.91 Å². The lowest BCUT2D eigenvalue weighted by Crippen LogP contribution is -2.52. The normalized spacial score (nSPS) is 30.8. The van der Waals surface area contributed by atoms with Gasteiger partial charge in [0.15, 0.2) is 0 Å². The Labute approximate surface area is 170 Å². The molecular weight excluding hydrogens is 368 g/mol. The van der Waals surface area contributed by atoms with Gasteiger partial charge in [-0.2, -0.15) is 0 Å². The first kappa shape index (κ1) is 18.8. The van der Waals surface area contributed by atoms with Gasteiger partial charge in [0.1, 0.15) is 6.04 Å². The smallest absolute Gasteiger partial charge is 0.255 e. The molecule has 2 saturated heterocycles. The van der Waals surface area contributed by atoms with Gasteiger partial charge in [-0.05, 0) is 61.2 Å². The highest BCUT2D eigenvalue weighted by molar-refractivity contribution is 6.05. The number of hydrogen-bond donors (Lipinski definition) is 3. The first-order chi connectivity index (χ1) is 14.1. The fourth-order valence-electron chi connectivity index (χ4n) is 5.62. The average Bonchev–Trinajstić information content (AvgIpc) is 3.17. The molecule has 3 N–H and O–H groups in total. The molecule has 0 spiro atoms. The molecule has 1 saturated carbocycles. The van der Waals surface area contributed by atoms with Crippen molar-refractivity contribution < 1.29 is 14.4 Å². The van der Waals surface area contributed by atoms with Crippen molar-refractivity contribution in [3.63, 3.8) is 0 Å². The average molecular weight is 396 g/mol.